The first kappa shape index (κ1) is 13.1. The molecule has 1 atom stereocenters. The SMILES string of the molecule is O=C1Nc2ccccc2CCC1Sc1ccc(O)cc1. The normalized spacial score (nSPS) is 18.0. The van der Waals surface area contributed by atoms with Crippen LogP contribution in [0.4, 0.5) is 5.69 Å². The lowest BCUT2D eigenvalue weighted by Gasteiger charge is -2.12. The molecule has 0 saturated carbocycles. The maximum atomic E-state index is 12.3. The molecule has 0 saturated heterocycles. The summed E-state index contributed by atoms with van der Waals surface area (Å²) in [6.45, 7) is 0. The van der Waals surface area contributed by atoms with Crippen molar-refractivity contribution in [2.24, 2.45) is 0 Å². The van der Waals surface area contributed by atoms with E-state index in [4.69, 9.17) is 0 Å². The van der Waals surface area contributed by atoms with Crippen LogP contribution in [0.1, 0.15) is 12.0 Å². The number of carbonyl (C=O) groups is 1. The Bertz CT molecular complexity index is 625. The molecular formula is C16H15NO2S. The molecular weight excluding hydrogens is 270 g/mol. The summed E-state index contributed by atoms with van der Waals surface area (Å²) in [5.41, 5.74) is 2.11. The van der Waals surface area contributed by atoms with Crippen molar-refractivity contribution in [3.63, 3.8) is 0 Å². The Morgan fingerprint density at radius 3 is 2.65 bits per heavy atom. The highest BCUT2D eigenvalue weighted by molar-refractivity contribution is 8.00. The molecule has 1 aliphatic heterocycles. The molecule has 0 radical (unpaired) electrons. The molecule has 2 aromatic carbocycles. The van der Waals surface area contributed by atoms with Crippen LogP contribution in [-0.4, -0.2) is 16.3 Å². The van der Waals surface area contributed by atoms with Gasteiger partial charge >= 0.3 is 0 Å². The van der Waals surface area contributed by atoms with Gasteiger partial charge in [0.25, 0.3) is 0 Å². The van der Waals surface area contributed by atoms with Gasteiger partial charge in [-0.2, -0.15) is 0 Å². The third kappa shape index (κ3) is 2.80. The maximum absolute atomic E-state index is 12.3. The summed E-state index contributed by atoms with van der Waals surface area (Å²) in [5.74, 6) is 0.292. The number of hydrogen-bond acceptors (Lipinski definition) is 3. The summed E-state index contributed by atoms with van der Waals surface area (Å²) in [5, 5.41) is 12.2. The Hall–Kier alpha value is -1.94. The molecule has 1 heterocycles. The lowest BCUT2D eigenvalue weighted by Crippen LogP contribution is -2.23. The second kappa shape index (κ2) is 5.59. The highest BCUT2D eigenvalue weighted by Gasteiger charge is 2.24. The number of amides is 1. The van der Waals surface area contributed by atoms with Gasteiger partial charge < -0.3 is 10.4 Å². The van der Waals surface area contributed by atoms with Gasteiger partial charge in [-0.3, -0.25) is 4.79 Å². The number of benzene rings is 2. The second-order valence-electron chi connectivity index (χ2n) is 4.79. The number of nitrogens with one attached hydrogen (secondary N) is 1. The topological polar surface area (TPSA) is 49.3 Å². The van der Waals surface area contributed by atoms with E-state index in [-0.39, 0.29) is 16.9 Å². The van der Waals surface area contributed by atoms with Gasteiger partial charge in [-0.25, -0.2) is 0 Å². The smallest absolute Gasteiger partial charge is 0.237 e. The van der Waals surface area contributed by atoms with Crippen LogP contribution in [0.2, 0.25) is 0 Å². The number of rotatable bonds is 2. The number of carbonyl (C=O) groups excluding carboxylic acids is 1. The van der Waals surface area contributed by atoms with Crippen LogP contribution >= 0.6 is 11.8 Å². The Kier molecular flexibility index (Phi) is 3.65. The molecule has 0 spiro atoms. The Morgan fingerprint density at radius 1 is 1.10 bits per heavy atom. The Morgan fingerprint density at radius 2 is 1.85 bits per heavy atom. The van der Waals surface area contributed by atoms with Crippen LogP contribution in [0.25, 0.3) is 0 Å². The fraction of sp³-hybridized carbons (Fsp3) is 0.188. The van der Waals surface area contributed by atoms with Crippen LogP contribution < -0.4 is 5.32 Å². The van der Waals surface area contributed by atoms with E-state index < -0.39 is 0 Å². The van der Waals surface area contributed by atoms with Gasteiger partial charge in [0, 0.05) is 10.6 Å². The van der Waals surface area contributed by atoms with E-state index >= 15 is 0 Å². The Labute approximate surface area is 122 Å². The van der Waals surface area contributed by atoms with Crippen molar-refractivity contribution in [1.82, 2.24) is 0 Å². The van der Waals surface area contributed by atoms with E-state index in [0.29, 0.717) is 0 Å². The van der Waals surface area contributed by atoms with E-state index in [1.807, 2.05) is 30.3 Å². The second-order valence-corrected chi connectivity index (χ2v) is 6.06. The van der Waals surface area contributed by atoms with Gasteiger partial charge in [0.05, 0.1) is 5.25 Å². The highest BCUT2D eigenvalue weighted by atomic mass is 32.2. The molecule has 2 aromatic rings. The monoisotopic (exact) mass is 285 g/mol. The molecule has 0 aliphatic carbocycles. The summed E-state index contributed by atoms with van der Waals surface area (Å²) in [4.78, 5) is 13.3. The van der Waals surface area contributed by atoms with Gasteiger partial charge in [0.1, 0.15) is 5.75 Å². The third-order valence-electron chi connectivity index (χ3n) is 3.36. The molecule has 102 valence electrons. The first-order chi connectivity index (χ1) is 9.72. The lowest BCUT2D eigenvalue weighted by molar-refractivity contribution is -0.115. The van der Waals surface area contributed by atoms with Gasteiger partial charge in [0.15, 0.2) is 0 Å². The molecule has 2 N–H and O–H groups in total. The summed E-state index contributed by atoms with van der Waals surface area (Å²) >= 11 is 1.54. The number of phenols is 1. The number of phenolic OH excluding ortho intramolecular Hbond substituents is 1. The molecule has 1 aliphatic rings. The summed E-state index contributed by atoms with van der Waals surface area (Å²) in [6, 6.07) is 14.9. The Balaban J connectivity index is 1.76. The number of para-hydroxylation sites is 1. The maximum Gasteiger partial charge on any atom is 0.237 e. The molecule has 20 heavy (non-hydrogen) atoms. The molecule has 1 unspecified atom stereocenters. The van der Waals surface area contributed by atoms with E-state index in [1.54, 1.807) is 23.9 Å². The lowest BCUT2D eigenvalue weighted by atomic mass is 10.1. The molecule has 1 amide bonds. The number of aryl methyl sites for hydroxylation is 1. The minimum Gasteiger partial charge on any atom is -0.508 e. The molecule has 4 heteroatoms. The predicted molar refractivity (Wildman–Crippen MR) is 81.1 cm³/mol. The van der Waals surface area contributed by atoms with Gasteiger partial charge in [-0.05, 0) is 48.7 Å². The minimum absolute atomic E-state index is 0.0491. The van der Waals surface area contributed by atoms with Crippen molar-refractivity contribution >= 4 is 23.4 Å². The van der Waals surface area contributed by atoms with Crippen molar-refractivity contribution in [1.29, 1.82) is 0 Å². The summed E-state index contributed by atoms with van der Waals surface area (Å²) in [7, 11) is 0. The van der Waals surface area contributed by atoms with Crippen molar-refractivity contribution in [2.45, 2.75) is 23.0 Å². The summed E-state index contributed by atoms with van der Waals surface area (Å²) < 4.78 is 0. The van der Waals surface area contributed by atoms with E-state index in [0.717, 1.165) is 23.4 Å². The zero-order valence-corrected chi connectivity index (χ0v) is 11.7. The number of aromatic hydroxyl groups is 1. The fourth-order valence-electron chi connectivity index (χ4n) is 2.29. The fourth-order valence-corrected chi connectivity index (χ4v) is 3.32. The van der Waals surface area contributed by atoms with Crippen LogP contribution in [0.3, 0.4) is 0 Å². The molecule has 3 rings (SSSR count). The van der Waals surface area contributed by atoms with Crippen LogP contribution in [-0.2, 0) is 11.2 Å². The van der Waals surface area contributed by atoms with E-state index in [1.165, 1.54) is 5.56 Å². The largest absolute Gasteiger partial charge is 0.508 e. The molecule has 0 aromatic heterocycles. The first-order valence-electron chi connectivity index (χ1n) is 6.57. The number of hydrogen-bond donors (Lipinski definition) is 2. The zero-order chi connectivity index (χ0) is 13.9. The average molecular weight is 285 g/mol. The standard InChI is InChI=1S/C16H15NO2S/c18-12-6-8-13(9-7-12)20-15-10-5-11-3-1-2-4-14(11)17-16(15)19/h1-4,6-9,15,18H,5,10H2,(H,17,19). The van der Waals surface area contributed by atoms with Crippen LogP contribution in [0.5, 0.6) is 5.75 Å². The van der Waals surface area contributed by atoms with E-state index in [2.05, 4.69) is 11.4 Å². The highest BCUT2D eigenvalue weighted by Crippen LogP contribution is 2.32. The van der Waals surface area contributed by atoms with Gasteiger partial charge in [0.2, 0.25) is 5.91 Å². The van der Waals surface area contributed by atoms with Gasteiger partial charge in [-0.1, -0.05) is 18.2 Å². The van der Waals surface area contributed by atoms with Gasteiger partial charge in [-0.15, -0.1) is 11.8 Å². The number of anilines is 1. The molecule has 0 bridgehead atoms. The van der Waals surface area contributed by atoms with Crippen LogP contribution in [0.15, 0.2) is 53.4 Å². The quantitative estimate of drug-likeness (QED) is 0.888. The van der Waals surface area contributed by atoms with Crippen molar-refractivity contribution in [3.05, 3.63) is 54.1 Å². The predicted octanol–water partition coefficient (Wildman–Crippen LogP) is 3.44. The zero-order valence-electron chi connectivity index (χ0n) is 10.9. The summed E-state index contributed by atoms with van der Waals surface area (Å²) in [6.07, 6.45) is 1.71. The molecule has 3 nitrogen and oxygen atoms in total. The van der Waals surface area contributed by atoms with Crippen molar-refractivity contribution in [3.8, 4) is 5.75 Å². The third-order valence-corrected chi connectivity index (χ3v) is 4.64. The number of thioether (sulfide) groups is 1. The van der Waals surface area contributed by atoms with Crippen molar-refractivity contribution in [2.75, 3.05) is 5.32 Å². The van der Waals surface area contributed by atoms with E-state index in [9.17, 15) is 9.90 Å². The number of fused-ring (bicyclic) bond motifs is 1. The molecule has 0 fully saturated rings. The van der Waals surface area contributed by atoms with Crippen LogP contribution in [0, 0.1) is 0 Å². The minimum atomic E-state index is -0.105. The average Bonchev–Trinajstić information content (AvgIpc) is 2.61. The van der Waals surface area contributed by atoms with Crippen molar-refractivity contribution < 1.29 is 9.90 Å². The first-order valence-corrected chi connectivity index (χ1v) is 7.45.